The summed E-state index contributed by atoms with van der Waals surface area (Å²) in [6, 6.07) is 12.5. The second-order valence-corrected chi connectivity index (χ2v) is 6.95. The third-order valence-electron chi connectivity index (χ3n) is 5.02. The second kappa shape index (κ2) is 9.06. The minimum absolute atomic E-state index is 0.179. The predicted molar refractivity (Wildman–Crippen MR) is 123 cm³/mol. The summed E-state index contributed by atoms with van der Waals surface area (Å²) in [6.07, 6.45) is 9.66. The minimum atomic E-state index is -0.998. The van der Waals surface area contributed by atoms with Crippen molar-refractivity contribution in [3.63, 3.8) is 0 Å². The number of benzene rings is 2. The number of aromatic carboxylic acids is 1. The molecule has 2 aromatic carbocycles. The van der Waals surface area contributed by atoms with E-state index in [1.165, 1.54) is 6.20 Å². The Hall–Kier alpha value is -3.91. The van der Waals surface area contributed by atoms with Gasteiger partial charge in [0.25, 0.3) is 0 Å². The number of carboxylic acids is 1. The molecule has 0 amide bonds. The number of terminal acetylenes is 1. The first kappa shape index (κ1) is 20.8. The maximum Gasteiger partial charge on any atom is 0.335 e. The van der Waals surface area contributed by atoms with E-state index >= 15 is 0 Å². The first-order valence-corrected chi connectivity index (χ1v) is 9.67. The summed E-state index contributed by atoms with van der Waals surface area (Å²) in [7, 11) is 0. The molecule has 2 N–H and O–H groups in total. The first-order valence-electron chi connectivity index (χ1n) is 9.67. The molecule has 3 aromatic rings. The molecule has 1 unspecified atom stereocenters. The molecule has 150 valence electrons. The molecule has 0 aliphatic rings. The van der Waals surface area contributed by atoms with Gasteiger partial charge in [-0.1, -0.05) is 38.5 Å². The zero-order valence-corrected chi connectivity index (χ0v) is 17.0. The number of rotatable bonds is 7. The van der Waals surface area contributed by atoms with Crippen LogP contribution in [0.3, 0.4) is 0 Å². The fourth-order valence-electron chi connectivity index (χ4n) is 3.33. The third kappa shape index (κ3) is 4.23. The average molecular weight is 397 g/mol. The standard InChI is InChI=1S/C25H23N3O2/c1-5-16(4)23-21(15-26-7-3)20-12-11-18(25(29)30)14-22(20)28-24(23)27-19-10-8-9-17(6-2)13-19/h2,7-16H,3,5H2,1,4H3,(H,27,28)(H,29,30). The Balaban J connectivity index is 2.31. The number of hydrogen-bond donors (Lipinski definition) is 2. The normalized spacial score (nSPS) is 11.9. The smallest absolute Gasteiger partial charge is 0.335 e. The molecule has 5 heteroatoms. The van der Waals surface area contributed by atoms with E-state index in [2.05, 4.69) is 36.7 Å². The van der Waals surface area contributed by atoms with Gasteiger partial charge < -0.3 is 10.4 Å². The highest BCUT2D eigenvalue weighted by Gasteiger charge is 2.19. The number of anilines is 2. The summed E-state index contributed by atoms with van der Waals surface area (Å²) in [6.45, 7) is 7.91. The molecule has 30 heavy (non-hydrogen) atoms. The quantitative estimate of drug-likeness (QED) is 0.394. The van der Waals surface area contributed by atoms with Crippen LogP contribution in [0.1, 0.15) is 53.2 Å². The Bertz CT molecular complexity index is 1190. The summed E-state index contributed by atoms with van der Waals surface area (Å²) in [5.41, 5.74) is 4.21. The Morgan fingerprint density at radius 1 is 1.37 bits per heavy atom. The van der Waals surface area contributed by atoms with Crippen molar-refractivity contribution in [1.29, 1.82) is 0 Å². The van der Waals surface area contributed by atoms with Gasteiger partial charge in [0, 0.05) is 40.2 Å². The number of aliphatic imine (C=N–C) groups is 1. The predicted octanol–water partition coefficient (Wildman–Crippen LogP) is 5.73. The first-order chi connectivity index (χ1) is 14.5. The Labute approximate surface area is 176 Å². The van der Waals surface area contributed by atoms with Crippen LogP contribution in [0, 0.1) is 12.3 Å². The van der Waals surface area contributed by atoms with Crippen LogP contribution in [-0.4, -0.2) is 22.3 Å². The topological polar surface area (TPSA) is 74.6 Å². The highest BCUT2D eigenvalue weighted by Crippen LogP contribution is 2.35. The molecule has 0 bridgehead atoms. The van der Waals surface area contributed by atoms with E-state index in [1.54, 1.807) is 24.4 Å². The lowest BCUT2D eigenvalue weighted by Gasteiger charge is -2.20. The van der Waals surface area contributed by atoms with Crippen LogP contribution in [0.15, 0.2) is 60.2 Å². The van der Waals surface area contributed by atoms with Crippen molar-refractivity contribution in [2.24, 2.45) is 4.99 Å². The molecule has 0 aliphatic heterocycles. The van der Waals surface area contributed by atoms with Crippen LogP contribution in [0.25, 0.3) is 10.9 Å². The van der Waals surface area contributed by atoms with Crippen molar-refractivity contribution in [3.05, 3.63) is 77.5 Å². The van der Waals surface area contributed by atoms with E-state index in [0.29, 0.717) is 11.3 Å². The van der Waals surface area contributed by atoms with Crippen LogP contribution in [0.5, 0.6) is 0 Å². The van der Waals surface area contributed by atoms with Gasteiger partial charge in [0.15, 0.2) is 0 Å². The molecule has 0 fully saturated rings. The molecule has 1 heterocycles. The van der Waals surface area contributed by atoms with Gasteiger partial charge in [-0.05, 0) is 42.7 Å². The zero-order valence-electron chi connectivity index (χ0n) is 17.0. The number of hydrogen-bond acceptors (Lipinski definition) is 4. The van der Waals surface area contributed by atoms with E-state index < -0.39 is 5.97 Å². The van der Waals surface area contributed by atoms with Crippen molar-refractivity contribution >= 4 is 34.6 Å². The number of nitrogens with one attached hydrogen (secondary N) is 1. The Morgan fingerprint density at radius 2 is 2.17 bits per heavy atom. The number of pyridine rings is 1. The van der Waals surface area contributed by atoms with Crippen molar-refractivity contribution in [2.75, 3.05) is 5.32 Å². The number of nitrogens with zero attached hydrogens (tertiary/aromatic N) is 2. The van der Waals surface area contributed by atoms with Gasteiger partial charge in [-0.15, -0.1) is 6.42 Å². The monoisotopic (exact) mass is 397 g/mol. The van der Waals surface area contributed by atoms with Gasteiger partial charge in [-0.3, -0.25) is 4.99 Å². The maximum atomic E-state index is 11.5. The summed E-state index contributed by atoms with van der Waals surface area (Å²) < 4.78 is 0. The van der Waals surface area contributed by atoms with E-state index in [-0.39, 0.29) is 11.5 Å². The van der Waals surface area contributed by atoms with E-state index in [9.17, 15) is 9.90 Å². The number of aromatic nitrogens is 1. The molecule has 0 radical (unpaired) electrons. The van der Waals surface area contributed by atoms with Gasteiger partial charge in [0.05, 0.1) is 11.1 Å². The van der Waals surface area contributed by atoms with Crippen molar-refractivity contribution in [2.45, 2.75) is 26.2 Å². The Morgan fingerprint density at radius 3 is 2.83 bits per heavy atom. The molecule has 0 spiro atoms. The van der Waals surface area contributed by atoms with E-state index in [4.69, 9.17) is 11.4 Å². The number of carboxylic acid groups (broad SMARTS) is 1. The molecular weight excluding hydrogens is 374 g/mol. The molecule has 3 rings (SSSR count). The fourth-order valence-corrected chi connectivity index (χ4v) is 3.33. The summed E-state index contributed by atoms with van der Waals surface area (Å²) >= 11 is 0. The summed E-state index contributed by atoms with van der Waals surface area (Å²) in [5.74, 6) is 2.47. The number of fused-ring (bicyclic) bond motifs is 1. The van der Waals surface area contributed by atoms with Crippen LogP contribution >= 0.6 is 0 Å². The third-order valence-corrected chi connectivity index (χ3v) is 5.02. The van der Waals surface area contributed by atoms with Gasteiger partial charge in [0.1, 0.15) is 5.82 Å². The van der Waals surface area contributed by atoms with Crippen LogP contribution in [0.4, 0.5) is 11.5 Å². The lowest BCUT2D eigenvalue weighted by atomic mass is 9.91. The maximum absolute atomic E-state index is 11.5. The van der Waals surface area contributed by atoms with Gasteiger partial charge in [-0.2, -0.15) is 0 Å². The van der Waals surface area contributed by atoms with Crippen molar-refractivity contribution < 1.29 is 9.90 Å². The molecule has 0 aliphatic carbocycles. The zero-order chi connectivity index (χ0) is 21.7. The van der Waals surface area contributed by atoms with Crippen LogP contribution < -0.4 is 5.32 Å². The van der Waals surface area contributed by atoms with Crippen molar-refractivity contribution in [1.82, 2.24) is 4.98 Å². The molecule has 1 aromatic heterocycles. The lowest BCUT2D eigenvalue weighted by Crippen LogP contribution is -2.08. The fraction of sp³-hybridized carbons (Fsp3) is 0.160. The van der Waals surface area contributed by atoms with Gasteiger partial charge in [0.2, 0.25) is 0 Å². The van der Waals surface area contributed by atoms with Crippen LogP contribution in [-0.2, 0) is 0 Å². The number of carbonyl (C=O) groups is 1. The molecule has 0 saturated heterocycles. The second-order valence-electron chi connectivity index (χ2n) is 6.95. The lowest BCUT2D eigenvalue weighted by molar-refractivity contribution is 0.0697. The van der Waals surface area contributed by atoms with Gasteiger partial charge in [-0.25, -0.2) is 9.78 Å². The molecule has 0 saturated carbocycles. The largest absolute Gasteiger partial charge is 0.478 e. The minimum Gasteiger partial charge on any atom is -0.478 e. The van der Waals surface area contributed by atoms with E-state index in [1.807, 2.05) is 24.3 Å². The molecule has 5 nitrogen and oxygen atoms in total. The molecule has 1 atom stereocenters. The van der Waals surface area contributed by atoms with Crippen molar-refractivity contribution in [3.8, 4) is 12.3 Å². The highest BCUT2D eigenvalue weighted by molar-refractivity contribution is 6.04. The summed E-state index contributed by atoms with van der Waals surface area (Å²) in [5, 5.41) is 13.6. The highest BCUT2D eigenvalue weighted by atomic mass is 16.4. The molecular formula is C25H23N3O2. The Kier molecular flexibility index (Phi) is 6.29. The van der Waals surface area contributed by atoms with Crippen LogP contribution in [0.2, 0.25) is 0 Å². The average Bonchev–Trinajstić information content (AvgIpc) is 2.76. The van der Waals surface area contributed by atoms with Gasteiger partial charge >= 0.3 is 5.97 Å². The van der Waals surface area contributed by atoms with E-state index in [0.717, 1.165) is 34.2 Å². The SMILES string of the molecule is C#Cc1cccc(Nc2nc3cc(C(=O)O)ccc3c(C=NC=C)c2C(C)CC)c1. The summed E-state index contributed by atoms with van der Waals surface area (Å²) in [4.78, 5) is 20.5.